The summed E-state index contributed by atoms with van der Waals surface area (Å²) >= 11 is 0. The van der Waals surface area contributed by atoms with Crippen LogP contribution in [0.25, 0.3) is 0 Å². The number of fused-ring (bicyclic) bond motifs is 1. The highest BCUT2D eigenvalue weighted by molar-refractivity contribution is 5.79. The van der Waals surface area contributed by atoms with Gasteiger partial charge in [0.05, 0.1) is 24.5 Å². The monoisotopic (exact) mass is 368 g/mol. The summed E-state index contributed by atoms with van der Waals surface area (Å²) in [6.45, 7) is 7.27. The van der Waals surface area contributed by atoms with E-state index in [0.717, 1.165) is 55.1 Å². The van der Waals surface area contributed by atoms with E-state index >= 15 is 0 Å². The van der Waals surface area contributed by atoms with Crippen LogP contribution in [0.1, 0.15) is 62.4 Å². The second-order valence-corrected chi connectivity index (χ2v) is 7.93. The standard InChI is InChI=1S/C20H28N6O/c1-14(2)18-11-21-13-23-19(18)22-10-16-9-17-12-25(7-4-8-26(17)24-16)20(27)15-5-3-6-15/h9,11,13-15H,3-8,10,12H2,1-2H3,(H,21,22,23). The van der Waals surface area contributed by atoms with E-state index in [0.29, 0.717) is 24.9 Å². The first-order valence-electron chi connectivity index (χ1n) is 10.00. The van der Waals surface area contributed by atoms with Gasteiger partial charge in [-0.3, -0.25) is 9.48 Å². The van der Waals surface area contributed by atoms with Crippen molar-refractivity contribution in [1.29, 1.82) is 0 Å². The van der Waals surface area contributed by atoms with Gasteiger partial charge in [0, 0.05) is 30.8 Å². The van der Waals surface area contributed by atoms with Gasteiger partial charge >= 0.3 is 0 Å². The molecule has 0 spiro atoms. The predicted octanol–water partition coefficient (Wildman–Crippen LogP) is 2.94. The van der Waals surface area contributed by atoms with Crippen molar-refractivity contribution in [2.45, 2.75) is 65.1 Å². The van der Waals surface area contributed by atoms with Crippen molar-refractivity contribution in [3.8, 4) is 0 Å². The van der Waals surface area contributed by atoms with Gasteiger partial charge < -0.3 is 10.2 Å². The Balaban J connectivity index is 1.44. The van der Waals surface area contributed by atoms with E-state index in [1.54, 1.807) is 6.33 Å². The Labute approximate surface area is 160 Å². The first kappa shape index (κ1) is 17.9. The Morgan fingerprint density at radius 1 is 1.30 bits per heavy atom. The predicted molar refractivity (Wildman–Crippen MR) is 103 cm³/mol. The fourth-order valence-electron chi connectivity index (χ4n) is 3.79. The van der Waals surface area contributed by atoms with Crippen LogP contribution in [-0.2, 0) is 24.4 Å². The molecule has 4 rings (SSSR count). The van der Waals surface area contributed by atoms with Crippen LogP contribution in [0.3, 0.4) is 0 Å². The largest absolute Gasteiger partial charge is 0.364 e. The highest BCUT2D eigenvalue weighted by atomic mass is 16.2. The van der Waals surface area contributed by atoms with Crippen molar-refractivity contribution in [2.24, 2.45) is 5.92 Å². The summed E-state index contributed by atoms with van der Waals surface area (Å²) in [7, 11) is 0. The maximum Gasteiger partial charge on any atom is 0.226 e. The molecule has 3 heterocycles. The molecule has 1 aliphatic heterocycles. The average Bonchev–Trinajstić information content (AvgIpc) is 2.88. The number of carbonyl (C=O) groups is 1. The molecule has 2 aliphatic rings. The van der Waals surface area contributed by atoms with Gasteiger partial charge in [0.1, 0.15) is 12.1 Å². The van der Waals surface area contributed by atoms with Gasteiger partial charge in [0.2, 0.25) is 5.91 Å². The summed E-state index contributed by atoms with van der Waals surface area (Å²) in [5.74, 6) is 1.81. The molecule has 0 atom stereocenters. The van der Waals surface area contributed by atoms with E-state index in [1.807, 2.05) is 11.1 Å². The third-order valence-corrected chi connectivity index (χ3v) is 5.63. The number of anilines is 1. The molecule has 1 amide bonds. The van der Waals surface area contributed by atoms with E-state index in [2.05, 4.69) is 39.9 Å². The van der Waals surface area contributed by atoms with Gasteiger partial charge in [-0.25, -0.2) is 9.97 Å². The summed E-state index contributed by atoms with van der Waals surface area (Å²) in [6, 6.07) is 2.12. The first-order valence-corrected chi connectivity index (χ1v) is 10.00. The number of aromatic nitrogens is 4. The molecule has 0 bridgehead atoms. The molecule has 1 N–H and O–H groups in total. The van der Waals surface area contributed by atoms with Gasteiger partial charge in [0.25, 0.3) is 0 Å². The number of hydrogen-bond acceptors (Lipinski definition) is 5. The van der Waals surface area contributed by atoms with Gasteiger partial charge in [-0.15, -0.1) is 0 Å². The smallest absolute Gasteiger partial charge is 0.226 e. The Kier molecular flexibility index (Phi) is 5.09. The maximum absolute atomic E-state index is 12.6. The molecule has 1 fully saturated rings. The number of amides is 1. The molecule has 1 saturated carbocycles. The summed E-state index contributed by atoms with van der Waals surface area (Å²) in [4.78, 5) is 23.2. The molecule has 2 aromatic heterocycles. The number of nitrogens with one attached hydrogen (secondary N) is 1. The third-order valence-electron chi connectivity index (χ3n) is 5.63. The van der Waals surface area contributed by atoms with Crippen LogP contribution < -0.4 is 5.32 Å². The second kappa shape index (κ2) is 7.66. The van der Waals surface area contributed by atoms with Crippen LogP contribution in [0.2, 0.25) is 0 Å². The quantitative estimate of drug-likeness (QED) is 0.878. The molecule has 7 nitrogen and oxygen atoms in total. The second-order valence-electron chi connectivity index (χ2n) is 7.93. The van der Waals surface area contributed by atoms with E-state index in [-0.39, 0.29) is 5.92 Å². The van der Waals surface area contributed by atoms with Gasteiger partial charge in [-0.05, 0) is 31.2 Å². The third kappa shape index (κ3) is 3.82. The normalized spacial score (nSPS) is 17.4. The van der Waals surface area contributed by atoms with Crippen LogP contribution in [0, 0.1) is 5.92 Å². The SMILES string of the molecule is CC(C)c1cncnc1NCc1cc2n(n1)CCCN(C(=O)C1CCC1)C2. The Bertz CT molecular complexity index is 811. The van der Waals surface area contributed by atoms with Gasteiger partial charge in [-0.2, -0.15) is 5.10 Å². The number of carbonyl (C=O) groups excluding carboxylic acids is 1. The Morgan fingerprint density at radius 2 is 2.15 bits per heavy atom. The van der Waals surface area contributed by atoms with Crippen LogP contribution in [0.5, 0.6) is 0 Å². The van der Waals surface area contributed by atoms with E-state index in [4.69, 9.17) is 5.10 Å². The Hall–Kier alpha value is -2.44. The zero-order valence-electron chi connectivity index (χ0n) is 16.2. The van der Waals surface area contributed by atoms with Crippen molar-refractivity contribution >= 4 is 11.7 Å². The molecule has 7 heteroatoms. The molecule has 144 valence electrons. The molecule has 27 heavy (non-hydrogen) atoms. The lowest BCUT2D eigenvalue weighted by Crippen LogP contribution is -2.38. The van der Waals surface area contributed by atoms with Gasteiger partial charge in [0.15, 0.2) is 0 Å². The van der Waals surface area contributed by atoms with Crippen LogP contribution in [0.15, 0.2) is 18.6 Å². The molecule has 2 aromatic rings. The lowest BCUT2D eigenvalue weighted by molar-refractivity contribution is -0.138. The molecular formula is C20H28N6O. The zero-order chi connectivity index (χ0) is 18.8. The minimum absolute atomic E-state index is 0.257. The summed E-state index contributed by atoms with van der Waals surface area (Å²) in [5, 5.41) is 8.14. The Morgan fingerprint density at radius 3 is 2.89 bits per heavy atom. The van der Waals surface area contributed by atoms with Crippen molar-refractivity contribution in [2.75, 3.05) is 11.9 Å². The number of hydrogen-bond donors (Lipinski definition) is 1. The minimum Gasteiger partial charge on any atom is -0.364 e. The molecule has 0 unspecified atom stereocenters. The number of nitrogens with zero attached hydrogens (tertiary/aromatic N) is 5. The number of rotatable bonds is 5. The summed E-state index contributed by atoms with van der Waals surface area (Å²) in [6.07, 6.45) is 7.71. The summed E-state index contributed by atoms with van der Waals surface area (Å²) in [5.41, 5.74) is 3.22. The number of aryl methyl sites for hydroxylation is 1. The lowest BCUT2D eigenvalue weighted by Gasteiger charge is -2.30. The van der Waals surface area contributed by atoms with Crippen molar-refractivity contribution in [1.82, 2.24) is 24.6 Å². The average molecular weight is 368 g/mol. The van der Waals surface area contributed by atoms with E-state index < -0.39 is 0 Å². The molecular weight excluding hydrogens is 340 g/mol. The topological polar surface area (TPSA) is 75.9 Å². The zero-order valence-corrected chi connectivity index (χ0v) is 16.2. The van der Waals surface area contributed by atoms with Crippen molar-refractivity contribution in [3.05, 3.63) is 35.5 Å². The molecule has 0 saturated heterocycles. The highest BCUT2D eigenvalue weighted by Gasteiger charge is 2.30. The lowest BCUT2D eigenvalue weighted by atomic mass is 9.84. The molecule has 0 radical (unpaired) electrons. The fraction of sp³-hybridized carbons (Fsp3) is 0.600. The highest BCUT2D eigenvalue weighted by Crippen LogP contribution is 2.29. The van der Waals surface area contributed by atoms with E-state index in [9.17, 15) is 4.79 Å². The van der Waals surface area contributed by atoms with Crippen LogP contribution in [0.4, 0.5) is 5.82 Å². The minimum atomic E-state index is 0.257. The first-order chi connectivity index (χ1) is 13.1. The van der Waals surface area contributed by atoms with Gasteiger partial charge in [-0.1, -0.05) is 20.3 Å². The van der Waals surface area contributed by atoms with Crippen molar-refractivity contribution in [3.63, 3.8) is 0 Å². The van der Waals surface area contributed by atoms with Crippen LogP contribution >= 0.6 is 0 Å². The molecule has 1 aliphatic carbocycles. The maximum atomic E-state index is 12.6. The van der Waals surface area contributed by atoms with Crippen molar-refractivity contribution < 1.29 is 4.79 Å². The fourth-order valence-corrected chi connectivity index (χ4v) is 3.79. The van der Waals surface area contributed by atoms with E-state index in [1.165, 1.54) is 6.42 Å². The van der Waals surface area contributed by atoms with Crippen LogP contribution in [-0.4, -0.2) is 37.1 Å². The molecule has 0 aromatic carbocycles. The summed E-state index contributed by atoms with van der Waals surface area (Å²) < 4.78 is 2.06.